The molecular formula is C42H80O17. The minimum Gasteiger partial charge on any atom is -0.394 e. The van der Waals surface area contributed by atoms with E-state index >= 15 is 0 Å². The van der Waals surface area contributed by atoms with E-state index < -0.39 is 92.6 Å². The van der Waals surface area contributed by atoms with Crippen LogP contribution in [0.5, 0.6) is 0 Å². The minimum atomic E-state index is -1.15. The first-order valence-electron chi connectivity index (χ1n) is 22.1. The van der Waals surface area contributed by atoms with Gasteiger partial charge in [-0.1, -0.05) is 47.0 Å². The van der Waals surface area contributed by atoms with Crippen LogP contribution in [0.4, 0.5) is 0 Å². The van der Waals surface area contributed by atoms with Crippen LogP contribution in [-0.4, -0.2) is 192 Å². The highest BCUT2D eigenvalue weighted by Gasteiger charge is 2.44. The molecule has 3 fully saturated rings. The van der Waals surface area contributed by atoms with Gasteiger partial charge in [-0.2, -0.15) is 0 Å². The van der Waals surface area contributed by atoms with Crippen molar-refractivity contribution in [2.75, 3.05) is 72.7 Å². The van der Waals surface area contributed by atoms with Gasteiger partial charge in [0.05, 0.1) is 64.1 Å². The van der Waals surface area contributed by atoms with Gasteiger partial charge in [0.2, 0.25) is 0 Å². The molecule has 3 aliphatic heterocycles. The van der Waals surface area contributed by atoms with Gasteiger partial charge in [0.15, 0.2) is 12.6 Å². The molecule has 3 aliphatic rings. The summed E-state index contributed by atoms with van der Waals surface area (Å²) in [6.07, 6.45) is -1.13. The molecule has 0 amide bonds. The second-order valence-corrected chi connectivity index (χ2v) is 17.4. The van der Waals surface area contributed by atoms with E-state index in [1.54, 1.807) is 13.8 Å². The van der Waals surface area contributed by atoms with Crippen LogP contribution in [0.25, 0.3) is 0 Å². The zero-order chi connectivity index (χ0) is 43.4. The van der Waals surface area contributed by atoms with Crippen molar-refractivity contribution in [3.8, 4) is 0 Å². The van der Waals surface area contributed by atoms with Crippen LogP contribution in [-0.2, 0) is 37.9 Å². The van der Waals surface area contributed by atoms with Gasteiger partial charge in [0.1, 0.15) is 36.6 Å². The van der Waals surface area contributed by atoms with Crippen molar-refractivity contribution in [3.05, 3.63) is 0 Å². The predicted molar refractivity (Wildman–Crippen MR) is 214 cm³/mol. The fourth-order valence-corrected chi connectivity index (χ4v) is 7.83. The molecular weight excluding hydrogens is 776 g/mol. The third-order valence-corrected chi connectivity index (χ3v) is 12.1. The van der Waals surface area contributed by atoms with Crippen molar-refractivity contribution in [2.45, 2.75) is 172 Å². The first kappa shape index (κ1) is 52.7. The molecule has 0 bridgehead atoms. The van der Waals surface area contributed by atoms with Crippen molar-refractivity contribution in [1.82, 2.24) is 0 Å². The van der Waals surface area contributed by atoms with E-state index in [9.17, 15) is 46.0 Å². The Kier molecular flexibility index (Phi) is 25.2. The third kappa shape index (κ3) is 17.1. The fraction of sp³-hybridized carbons (Fsp3) is 1.00. The van der Waals surface area contributed by atoms with Crippen LogP contribution in [0, 0.1) is 23.2 Å². The summed E-state index contributed by atoms with van der Waals surface area (Å²) in [5.74, 6) is -1.06. The maximum atomic E-state index is 10.3. The Morgan fingerprint density at radius 2 is 0.746 bits per heavy atom. The van der Waals surface area contributed by atoms with E-state index in [-0.39, 0.29) is 24.0 Å². The van der Waals surface area contributed by atoms with Crippen molar-refractivity contribution in [1.29, 1.82) is 0 Å². The summed E-state index contributed by atoms with van der Waals surface area (Å²) in [7, 11) is 0. The quantitative estimate of drug-likeness (QED) is 0.0449. The maximum absolute atomic E-state index is 10.3. The van der Waals surface area contributed by atoms with Crippen LogP contribution < -0.4 is 0 Å². The highest BCUT2D eigenvalue weighted by molar-refractivity contribution is 4.90. The normalized spacial score (nSPS) is 36.5. The smallest absolute Gasteiger partial charge is 0.163 e. The summed E-state index contributed by atoms with van der Waals surface area (Å²) in [6.45, 7) is 10.2. The highest BCUT2D eigenvalue weighted by Crippen LogP contribution is 2.30. The first-order chi connectivity index (χ1) is 28.3. The van der Waals surface area contributed by atoms with Crippen LogP contribution in [0.3, 0.4) is 0 Å². The second kappa shape index (κ2) is 28.2. The van der Waals surface area contributed by atoms with Crippen LogP contribution in [0.2, 0.25) is 0 Å². The molecule has 17 heteroatoms. The Bertz CT molecular complexity index is 944. The zero-order valence-electron chi connectivity index (χ0n) is 36.0. The molecule has 15 atom stereocenters. The summed E-state index contributed by atoms with van der Waals surface area (Å²) in [6, 6.07) is 0. The van der Waals surface area contributed by atoms with Gasteiger partial charge < -0.3 is 83.9 Å². The van der Waals surface area contributed by atoms with Crippen molar-refractivity contribution < 1.29 is 83.9 Å². The first-order valence-corrected chi connectivity index (χ1v) is 22.1. The molecule has 3 saturated heterocycles. The molecule has 350 valence electrons. The molecule has 0 aliphatic carbocycles. The zero-order valence-corrected chi connectivity index (χ0v) is 36.0. The fourth-order valence-electron chi connectivity index (χ4n) is 7.83. The number of hydrogen-bond acceptors (Lipinski definition) is 17. The number of ether oxygens (including phenoxy) is 8. The third-order valence-electron chi connectivity index (χ3n) is 12.1. The lowest BCUT2D eigenvalue weighted by molar-refractivity contribution is -0.282. The largest absolute Gasteiger partial charge is 0.394 e. The van der Waals surface area contributed by atoms with Gasteiger partial charge in [-0.25, -0.2) is 0 Å². The van der Waals surface area contributed by atoms with Crippen molar-refractivity contribution in [3.63, 3.8) is 0 Å². The molecule has 0 saturated carbocycles. The van der Waals surface area contributed by atoms with Gasteiger partial charge in [-0.15, -0.1) is 0 Å². The van der Waals surface area contributed by atoms with E-state index in [0.717, 1.165) is 70.6 Å². The lowest BCUT2D eigenvalue weighted by atomic mass is 9.86. The van der Waals surface area contributed by atoms with E-state index in [0.29, 0.717) is 52.9 Å². The topological polar surface area (TPSA) is 256 Å². The molecule has 0 aromatic heterocycles. The lowest BCUT2D eigenvalue weighted by Gasteiger charge is -2.41. The van der Waals surface area contributed by atoms with Crippen molar-refractivity contribution in [2.24, 2.45) is 23.2 Å². The Labute approximate surface area is 351 Å². The van der Waals surface area contributed by atoms with Crippen molar-refractivity contribution >= 4 is 0 Å². The molecule has 0 aromatic carbocycles. The molecule has 0 aromatic rings. The average molecular weight is 857 g/mol. The SMILES string of the molecule is C[C@H]1C(O)[C@@H](O)C(CO)O[C@H]1OCCCCCOCC(C)(COCCCCCC[C@@H]1OC(CO)[C@H](O)C(O)[C@@H]1C)COCCCCCO[C@@H]1OC(CO)[C@H](O)C(O)[C@@H]1C. The van der Waals surface area contributed by atoms with Gasteiger partial charge in [-0.05, 0) is 51.4 Å². The Morgan fingerprint density at radius 3 is 1.15 bits per heavy atom. The molecule has 59 heavy (non-hydrogen) atoms. The Morgan fingerprint density at radius 1 is 0.407 bits per heavy atom. The summed E-state index contributed by atoms with van der Waals surface area (Å²) in [5, 5.41) is 89.4. The van der Waals surface area contributed by atoms with Gasteiger partial charge in [-0.3, -0.25) is 0 Å². The molecule has 17 nitrogen and oxygen atoms in total. The van der Waals surface area contributed by atoms with Crippen LogP contribution in [0.1, 0.15) is 98.3 Å². The van der Waals surface area contributed by atoms with Gasteiger partial charge >= 0.3 is 0 Å². The van der Waals surface area contributed by atoms with E-state index in [2.05, 4.69) is 6.92 Å². The van der Waals surface area contributed by atoms with E-state index in [4.69, 9.17) is 37.9 Å². The molecule has 0 spiro atoms. The molecule has 3 rings (SSSR count). The molecule has 6 unspecified atom stereocenters. The number of aliphatic hydroxyl groups is 9. The number of aliphatic hydroxyl groups excluding tert-OH is 9. The second-order valence-electron chi connectivity index (χ2n) is 17.4. The Balaban J connectivity index is 1.33. The van der Waals surface area contributed by atoms with E-state index in [1.165, 1.54) is 0 Å². The lowest BCUT2D eigenvalue weighted by Crippen LogP contribution is -2.55. The molecule has 9 N–H and O–H groups in total. The average Bonchev–Trinajstić information content (AvgIpc) is 3.23. The molecule has 3 heterocycles. The number of unbranched alkanes of at least 4 members (excludes halogenated alkanes) is 7. The maximum Gasteiger partial charge on any atom is 0.163 e. The predicted octanol–water partition coefficient (Wildman–Crippen LogP) is 0.635. The monoisotopic (exact) mass is 857 g/mol. The summed E-state index contributed by atoms with van der Waals surface area (Å²) < 4.78 is 47.2. The van der Waals surface area contributed by atoms with E-state index in [1.807, 2.05) is 6.92 Å². The summed E-state index contributed by atoms with van der Waals surface area (Å²) in [4.78, 5) is 0. The molecule has 0 radical (unpaired) electrons. The van der Waals surface area contributed by atoms with Crippen LogP contribution >= 0.6 is 0 Å². The Hall–Kier alpha value is -0.680. The van der Waals surface area contributed by atoms with Gasteiger partial charge in [0.25, 0.3) is 0 Å². The highest BCUT2D eigenvalue weighted by atomic mass is 16.7. The van der Waals surface area contributed by atoms with Gasteiger partial charge in [0, 0.05) is 56.2 Å². The summed E-state index contributed by atoms with van der Waals surface area (Å²) in [5.41, 5.74) is -0.373. The standard InChI is InChI=1S/C42H80O17/c1-27-30(57-31(21-43)37(49)34(27)46)15-9-5-6-10-16-52-24-42(4,25-53-17-11-7-13-19-55-40-28(2)35(47)38(50)32(22-44)58-40)26-54-18-12-8-14-20-56-41-29(3)36(48)39(51)33(23-45)59-41/h27-41,43-51H,5-26H2,1-4H3/t27-,28+,29+,30+,31?,32?,33?,34?,35?,36?,37+,38+,39+,40-,41-,42?/m1/s1. The summed E-state index contributed by atoms with van der Waals surface area (Å²) >= 11 is 0. The number of hydrogen-bond donors (Lipinski definition) is 9. The van der Waals surface area contributed by atoms with Crippen LogP contribution in [0.15, 0.2) is 0 Å². The minimum absolute atomic E-state index is 0.207. The number of rotatable bonds is 30.